The van der Waals surface area contributed by atoms with E-state index in [9.17, 15) is 9.50 Å². The molecule has 0 radical (unpaired) electrons. The van der Waals surface area contributed by atoms with Crippen molar-refractivity contribution in [3.05, 3.63) is 29.6 Å². The monoisotopic (exact) mass is 254 g/mol. The van der Waals surface area contributed by atoms with Crippen molar-refractivity contribution in [3.8, 4) is 0 Å². The van der Waals surface area contributed by atoms with E-state index in [4.69, 9.17) is 0 Å². The van der Waals surface area contributed by atoms with E-state index >= 15 is 0 Å². The van der Waals surface area contributed by atoms with Crippen molar-refractivity contribution >= 4 is 5.69 Å². The van der Waals surface area contributed by atoms with Gasteiger partial charge in [-0.1, -0.05) is 26.0 Å². The van der Waals surface area contributed by atoms with Gasteiger partial charge < -0.3 is 15.3 Å². The number of para-hydroxylation sites is 1. The fourth-order valence-electron chi connectivity index (χ4n) is 1.75. The normalized spacial score (nSPS) is 12.8. The molecule has 3 nitrogen and oxygen atoms in total. The molecule has 0 aliphatic rings. The second kappa shape index (κ2) is 6.71. The molecule has 0 bridgehead atoms. The number of rotatable bonds is 6. The average Bonchev–Trinajstić information content (AvgIpc) is 2.34. The first-order chi connectivity index (χ1) is 8.47. The van der Waals surface area contributed by atoms with Crippen molar-refractivity contribution in [1.29, 1.82) is 0 Å². The Morgan fingerprint density at radius 1 is 1.33 bits per heavy atom. The van der Waals surface area contributed by atoms with E-state index in [0.717, 1.165) is 5.56 Å². The van der Waals surface area contributed by atoms with Gasteiger partial charge in [-0.15, -0.1) is 0 Å². The smallest absolute Gasteiger partial charge is 0.146 e. The largest absolute Gasteiger partial charge is 0.394 e. The van der Waals surface area contributed by atoms with Gasteiger partial charge in [-0.25, -0.2) is 4.39 Å². The van der Waals surface area contributed by atoms with Crippen molar-refractivity contribution in [3.63, 3.8) is 0 Å². The molecule has 2 N–H and O–H groups in total. The molecule has 0 aliphatic heterocycles. The summed E-state index contributed by atoms with van der Waals surface area (Å²) in [6.07, 6.45) is 0. The molecule has 0 heterocycles. The van der Waals surface area contributed by atoms with Crippen LogP contribution in [-0.2, 0) is 6.54 Å². The number of benzene rings is 1. The van der Waals surface area contributed by atoms with Crippen LogP contribution in [0.2, 0.25) is 0 Å². The number of hydrogen-bond donors (Lipinski definition) is 2. The molecule has 0 saturated carbocycles. The van der Waals surface area contributed by atoms with E-state index in [1.165, 1.54) is 6.07 Å². The number of nitrogens with one attached hydrogen (secondary N) is 1. The second-order valence-electron chi connectivity index (χ2n) is 4.93. The number of aliphatic hydroxyl groups excluding tert-OH is 1. The molecule has 0 spiro atoms. The third kappa shape index (κ3) is 3.68. The number of hydrogen-bond acceptors (Lipinski definition) is 3. The van der Waals surface area contributed by atoms with E-state index < -0.39 is 0 Å². The summed E-state index contributed by atoms with van der Waals surface area (Å²) >= 11 is 0. The molecule has 1 aromatic carbocycles. The number of anilines is 1. The lowest BCUT2D eigenvalue weighted by Crippen LogP contribution is -2.34. The second-order valence-corrected chi connectivity index (χ2v) is 4.93. The van der Waals surface area contributed by atoms with Gasteiger partial charge in [0, 0.05) is 25.7 Å². The number of likely N-dealkylation sites (N-methyl/N-ethyl adjacent to an activating group) is 1. The molecular weight excluding hydrogens is 231 g/mol. The molecule has 1 unspecified atom stereocenters. The Morgan fingerprint density at radius 2 is 2.00 bits per heavy atom. The fourth-order valence-corrected chi connectivity index (χ4v) is 1.75. The van der Waals surface area contributed by atoms with Crippen molar-refractivity contribution in [2.45, 2.75) is 39.4 Å². The summed E-state index contributed by atoms with van der Waals surface area (Å²) in [4.78, 5) is 1.78. The molecule has 1 atom stereocenters. The first-order valence-corrected chi connectivity index (χ1v) is 6.31. The third-order valence-electron chi connectivity index (χ3n) is 3.05. The van der Waals surface area contributed by atoms with Gasteiger partial charge in [0.1, 0.15) is 5.82 Å². The maximum absolute atomic E-state index is 14.0. The Kier molecular flexibility index (Phi) is 5.56. The Bertz CT molecular complexity index is 382. The first kappa shape index (κ1) is 14.9. The predicted octanol–water partition coefficient (Wildman–Crippen LogP) is 2.14. The Labute approximate surface area is 109 Å². The van der Waals surface area contributed by atoms with E-state index in [0.29, 0.717) is 18.3 Å². The van der Waals surface area contributed by atoms with Crippen molar-refractivity contribution in [1.82, 2.24) is 5.32 Å². The van der Waals surface area contributed by atoms with Gasteiger partial charge in [0.25, 0.3) is 0 Å². The van der Waals surface area contributed by atoms with E-state index in [1.54, 1.807) is 18.0 Å². The van der Waals surface area contributed by atoms with Crippen LogP contribution in [0, 0.1) is 5.82 Å². The zero-order valence-electron chi connectivity index (χ0n) is 11.6. The number of nitrogens with zero attached hydrogens (tertiary/aromatic N) is 1. The molecule has 0 aromatic heterocycles. The molecule has 0 fully saturated rings. The fraction of sp³-hybridized carbons (Fsp3) is 0.571. The minimum absolute atomic E-state index is 0.00187. The maximum atomic E-state index is 14.0. The summed E-state index contributed by atoms with van der Waals surface area (Å²) in [5.74, 6) is -0.249. The van der Waals surface area contributed by atoms with E-state index in [1.807, 2.05) is 13.0 Å². The molecule has 0 aliphatic carbocycles. The lowest BCUT2D eigenvalue weighted by molar-refractivity contribution is 0.269. The SMILES string of the molecule is CC(C)NCc1cccc(F)c1N(C)C(C)CO. The zero-order chi connectivity index (χ0) is 13.7. The van der Waals surface area contributed by atoms with Crippen LogP contribution in [-0.4, -0.2) is 30.8 Å². The van der Waals surface area contributed by atoms with Crippen LogP contribution in [0.25, 0.3) is 0 Å². The van der Waals surface area contributed by atoms with Crippen LogP contribution in [0.15, 0.2) is 18.2 Å². The van der Waals surface area contributed by atoms with Crippen molar-refractivity contribution < 1.29 is 9.50 Å². The lowest BCUT2D eigenvalue weighted by atomic mass is 10.1. The molecule has 4 heteroatoms. The highest BCUT2D eigenvalue weighted by Crippen LogP contribution is 2.25. The van der Waals surface area contributed by atoms with Crippen LogP contribution in [0.1, 0.15) is 26.3 Å². The van der Waals surface area contributed by atoms with Crippen LogP contribution in [0.4, 0.5) is 10.1 Å². The van der Waals surface area contributed by atoms with Gasteiger partial charge in [-0.2, -0.15) is 0 Å². The first-order valence-electron chi connectivity index (χ1n) is 6.31. The molecule has 1 rings (SSSR count). The van der Waals surface area contributed by atoms with Crippen LogP contribution < -0.4 is 10.2 Å². The summed E-state index contributed by atoms with van der Waals surface area (Å²) in [5, 5.41) is 12.5. The van der Waals surface area contributed by atoms with Gasteiger partial charge in [-0.3, -0.25) is 0 Å². The van der Waals surface area contributed by atoms with Crippen molar-refractivity contribution in [2.24, 2.45) is 0 Å². The quantitative estimate of drug-likeness (QED) is 0.816. The summed E-state index contributed by atoms with van der Waals surface area (Å²) in [6.45, 7) is 6.60. The molecule has 18 heavy (non-hydrogen) atoms. The van der Waals surface area contributed by atoms with Crippen LogP contribution >= 0.6 is 0 Å². The zero-order valence-corrected chi connectivity index (χ0v) is 11.6. The van der Waals surface area contributed by atoms with Crippen LogP contribution in [0.3, 0.4) is 0 Å². The van der Waals surface area contributed by atoms with Gasteiger partial charge in [0.15, 0.2) is 0 Å². The van der Waals surface area contributed by atoms with Gasteiger partial charge >= 0.3 is 0 Å². The number of aliphatic hydroxyl groups is 1. The summed E-state index contributed by atoms with van der Waals surface area (Å²) in [5.41, 5.74) is 1.47. The highest BCUT2D eigenvalue weighted by molar-refractivity contribution is 5.55. The van der Waals surface area contributed by atoms with E-state index in [2.05, 4.69) is 19.2 Å². The molecule has 0 amide bonds. The topological polar surface area (TPSA) is 35.5 Å². The highest BCUT2D eigenvalue weighted by Gasteiger charge is 2.17. The average molecular weight is 254 g/mol. The minimum Gasteiger partial charge on any atom is -0.394 e. The standard InChI is InChI=1S/C14H23FN2O/c1-10(2)16-8-12-6-5-7-13(15)14(12)17(4)11(3)9-18/h5-7,10-11,16,18H,8-9H2,1-4H3. The van der Waals surface area contributed by atoms with Crippen molar-refractivity contribution in [2.75, 3.05) is 18.6 Å². The van der Waals surface area contributed by atoms with Gasteiger partial charge in [0.2, 0.25) is 0 Å². The van der Waals surface area contributed by atoms with Crippen LogP contribution in [0.5, 0.6) is 0 Å². The summed E-state index contributed by atoms with van der Waals surface area (Å²) in [7, 11) is 1.80. The van der Waals surface area contributed by atoms with Gasteiger partial charge in [-0.05, 0) is 18.6 Å². The molecule has 0 saturated heterocycles. The lowest BCUT2D eigenvalue weighted by Gasteiger charge is -2.28. The molecule has 102 valence electrons. The van der Waals surface area contributed by atoms with E-state index in [-0.39, 0.29) is 18.5 Å². The minimum atomic E-state index is -0.249. The Morgan fingerprint density at radius 3 is 2.56 bits per heavy atom. The third-order valence-corrected chi connectivity index (χ3v) is 3.05. The predicted molar refractivity (Wildman–Crippen MR) is 73.3 cm³/mol. The maximum Gasteiger partial charge on any atom is 0.146 e. The Balaban J connectivity index is 3.00. The van der Waals surface area contributed by atoms with Gasteiger partial charge in [0.05, 0.1) is 12.3 Å². The number of halogens is 1. The Hall–Kier alpha value is -1.13. The highest BCUT2D eigenvalue weighted by atomic mass is 19.1. The summed E-state index contributed by atoms with van der Waals surface area (Å²) < 4.78 is 14.0. The molecule has 1 aromatic rings. The summed E-state index contributed by atoms with van der Waals surface area (Å²) in [6, 6.07) is 5.32. The molecular formula is C14H23FN2O.